The van der Waals surface area contributed by atoms with Gasteiger partial charge < -0.3 is 10.4 Å². The summed E-state index contributed by atoms with van der Waals surface area (Å²) in [6, 6.07) is 5.47. The van der Waals surface area contributed by atoms with Crippen molar-refractivity contribution in [2.75, 3.05) is 5.32 Å². The molecule has 1 aromatic carbocycles. The Labute approximate surface area is 118 Å². The predicted molar refractivity (Wildman–Crippen MR) is 78.4 cm³/mol. The van der Waals surface area contributed by atoms with Gasteiger partial charge in [0.25, 0.3) is 0 Å². The zero-order valence-corrected chi connectivity index (χ0v) is 11.6. The number of benzene rings is 1. The van der Waals surface area contributed by atoms with Crippen molar-refractivity contribution >= 4 is 23.6 Å². The van der Waals surface area contributed by atoms with E-state index in [0.29, 0.717) is 12.3 Å². The third-order valence-corrected chi connectivity index (χ3v) is 3.64. The van der Waals surface area contributed by atoms with Gasteiger partial charge in [-0.2, -0.15) is 0 Å². The third kappa shape index (κ3) is 3.95. The van der Waals surface area contributed by atoms with Gasteiger partial charge in [0, 0.05) is 18.2 Å². The summed E-state index contributed by atoms with van der Waals surface area (Å²) in [4.78, 5) is 22.3. The molecule has 0 bridgehead atoms. The van der Waals surface area contributed by atoms with Crippen LogP contribution >= 0.6 is 0 Å². The second kappa shape index (κ2) is 6.37. The molecule has 1 aliphatic rings. The maximum atomic E-state index is 11.9. The first-order chi connectivity index (χ1) is 9.54. The molecule has 0 radical (unpaired) electrons. The smallest absolute Gasteiger partial charge is 0.328 e. The van der Waals surface area contributed by atoms with E-state index in [1.807, 2.05) is 19.1 Å². The van der Waals surface area contributed by atoms with Gasteiger partial charge in [0.1, 0.15) is 0 Å². The average molecular weight is 273 g/mol. The number of hydrogen-bond acceptors (Lipinski definition) is 2. The molecule has 0 spiro atoms. The Hall–Kier alpha value is -2.10. The SMILES string of the molecule is Cc1cc(/C=C/C(=O)O)ccc1NC(=O)CC1CCC1. The number of anilines is 1. The van der Waals surface area contributed by atoms with E-state index in [4.69, 9.17) is 5.11 Å². The van der Waals surface area contributed by atoms with Crippen LogP contribution in [0.4, 0.5) is 5.69 Å². The van der Waals surface area contributed by atoms with Crippen LogP contribution in [0.3, 0.4) is 0 Å². The van der Waals surface area contributed by atoms with E-state index in [9.17, 15) is 9.59 Å². The van der Waals surface area contributed by atoms with Crippen LogP contribution < -0.4 is 5.32 Å². The number of carbonyl (C=O) groups is 2. The summed E-state index contributed by atoms with van der Waals surface area (Å²) in [5, 5.41) is 11.5. The molecule has 1 fully saturated rings. The number of aryl methyl sites for hydroxylation is 1. The summed E-state index contributed by atoms with van der Waals surface area (Å²) in [7, 11) is 0. The molecule has 0 saturated heterocycles. The number of hydrogen-bond donors (Lipinski definition) is 2. The fourth-order valence-electron chi connectivity index (χ4n) is 2.26. The van der Waals surface area contributed by atoms with Crippen LogP contribution in [0.5, 0.6) is 0 Å². The van der Waals surface area contributed by atoms with Crippen LogP contribution in [0, 0.1) is 12.8 Å². The van der Waals surface area contributed by atoms with E-state index in [0.717, 1.165) is 35.7 Å². The molecule has 106 valence electrons. The molecule has 2 N–H and O–H groups in total. The molecule has 1 saturated carbocycles. The molecule has 1 aromatic rings. The van der Waals surface area contributed by atoms with Gasteiger partial charge in [0.15, 0.2) is 0 Å². The van der Waals surface area contributed by atoms with E-state index < -0.39 is 5.97 Å². The number of aliphatic carboxylic acids is 1. The predicted octanol–water partition coefficient (Wildman–Crippen LogP) is 3.22. The minimum Gasteiger partial charge on any atom is -0.478 e. The van der Waals surface area contributed by atoms with Crippen LogP contribution in [0.15, 0.2) is 24.3 Å². The highest BCUT2D eigenvalue weighted by Gasteiger charge is 2.20. The van der Waals surface area contributed by atoms with E-state index in [1.54, 1.807) is 6.07 Å². The molecule has 0 aromatic heterocycles. The molecule has 1 aliphatic carbocycles. The van der Waals surface area contributed by atoms with E-state index >= 15 is 0 Å². The van der Waals surface area contributed by atoms with E-state index in [1.165, 1.54) is 12.5 Å². The molecule has 0 unspecified atom stereocenters. The van der Waals surface area contributed by atoms with Crippen LogP contribution in [0.2, 0.25) is 0 Å². The Bertz CT molecular complexity index is 545. The lowest BCUT2D eigenvalue weighted by Gasteiger charge is -2.24. The average Bonchev–Trinajstić information content (AvgIpc) is 2.34. The number of amides is 1. The summed E-state index contributed by atoms with van der Waals surface area (Å²) in [5.74, 6) is -0.361. The van der Waals surface area contributed by atoms with Crippen molar-refractivity contribution in [2.24, 2.45) is 5.92 Å². The van der Waals surface area contributed by atoms with E-state index in [-0.39, 0.29) is 5.91 Å². The van der Waals surface area contributed by atoms with Gasteiger partial charge in [-0.3, -0.25) is 4.79 Å². The Morgan fingerprint density at radius 3 is 2.70 bits per heavy atom. The number of nitrogens with one attached hydrogen (secondary N) is 1. The number of carboxylic acids is 1. The van der Waals surface area contributed by atoms with Gasteiger partial charge in [0.05, 0.1) is 0 Å². The van der Waals surface area contributed by atoms with E-state index in [2.05, 4.69) is 5.32 Å². The zero-order chi connectivity index (χ0) is 14.5. The molecule has 0 aliphatic heterocycles. The second-order valence-corrected chi connectivity index (χ2v) is 5.30. The van der Waals surface area contributed by atoms with Gasteiger partial charge in [0.2, 0.25) is 5.91 Å². The first-order valence-corrected chi connectivity index (χ1v) is 6.86. The van der Waals surface area contributed by atoms with Crippen molar-refractivity contribution in [1.82, 2.24) is 0 Å². The molecule has 2 rings (SSSR count). The molecule has 20 heavy (non-hydrogen) atoms. The summed E-state index contributed by atoms with van der Waals surface area (Å²) in [6.45, 7) is 1.90. The number of rotatable bonds is 5. The lowest BCUT2D eigenvalue weighted by Crippen LogP contribution is -2.21. The molecule has 4 nitrogen and oxygen atoms in total. The Morgan fingerprint density at radius 1 is 1.40 bits per heavy atom. The number of carbonyl (C=O) groups excluding carboxylic acids is 1. The minimum absolute atomic E-state index is 0.0617. The first kappa shape index (κ1) is 14.3. The second-order valence-electron chi connectivity index (χ2n) is 5.30. The van der Waals surface area contributed by atoms with Crippen molar-refractivity contribution in [2.45, 2.75) is 32.6 Å². The molecule has 0 atom stereocenters. The maximum Gasteiger partial charge on any atom is 0.328 e. The minimum atomic E-state index is -0.972. The van der Waals surface area contributed by atoms with Crippen molar-refractivity contribution < 1.29 is 14.7 Å². The van der Waals surface area contributed by atoms with Gasteiger partial charge in [-0.15, -0.1) is 0 Å². The highest BCUT2D eigenvalue weighted by atomic mass is 16.4. The van der Waals surface area contributed by atoms with Gasteiger partial charge >= 0.3 is 5.97 Å². The summed E-state index contributed by atoms with van der Waals surface area (Å²) in [6.07, 6.45) is 6.79. The summed E-state index contributed by atoms with van der Waals surface area (Å²) >= 11 is 0. The van der Waals surface area contributed by atoms with Gasteiger partial charge in [-0.05, 0) is 55.0 Å². The van der Waals surface area contributed by atoms with Crippen molar-refractivity contribution in [3.63, 3.8) is 0 Å². The number of carboxylic acid groups (broad SMARTS) is 1. The molecule has 0 heterocycles. The van der Waals surface area contributed by atoms with Gasteiger partial charge in [-0.1, -0.05) is 12.5 Å². The lowest BCUT2D eigenvalue weighted by atomic mass is 9.83. The monoisotopic (exact) mass is 273 g/mol. The lowest BCUT2D eigenvalue weighted by molar-refractivity contribution is -0.131. The molecule has 1 amide bonds. The van der Waals surface area contributed by atoms with Crippen LogP contribution in [-0.4, -0.2) is 17.0 Å². The normalized spacial score (nSPS) is 15.1. The maximum absolute atomic E-state index is 11.9. The standard InChI is InChI=1S/C16H19NO3/c1-11-9-13(6-8-16(19)20)5-7-14(11)17-15(18)10-12-3-2-4-12/h5-9,12H,2-4,10H2,1H3,(H,17,18)(H,19,20)/b8-6+. The Balaban J connectivity index is 1.98. The molecular weight excluding hydrogens is 254 g/mol. The van der Waals surface area contributed by atoms with Crippen molar-refractivity contribution in [3.05, 3.63) is 35.4 Å². The van der Waals surface area contributed by atoms with Crippen LogP contribution in [-0.2, 0) is 9.59 Å². The summed E-state index contributed by atoms with van der Waals surface area (Å²) < 4.78 is 0. The largest absolute Gasteiger partial charge is 0.478 e. The fourth-order valence-corrected chi connectivity index (χ4v) is 2.26. The zero-order valence-electron chi connectivity index (χ0n) is 11.6. The highest BCUT2D eigenvalue weighted by Crippen LogP contribution is 2.29. The van der Waals surface area contributed by atoms with Crippen molar-refractivity contribution in [1.29, 1.82) is 0 Å². The fraction of sp³-hybridized carbons (Fsp3) is 0.375. The quantitative estimate of drug-likeness (QED) is 0.809. The molecule has 4 heteroatoms. The molecular formula is C16H19NO3. The topological polar surface area (TPSA) is 66.4 Å². The third-order valence-electron chi connectivity index (χ3n) is 3.64. The first-order valence-electron chi connectivity index (χ1n) is 6.86. The van der Waals surface area contributed by atoms with Crippen LogP contribution in [0.1, 0.15) is 36.8 Å². The van der Waals surface area contributed by atoms with Crippen molar-refractivity contribution in [3.8, 4) is 0 Å². The summed E-state index contributed by atoms with van der Waals surface area (Å²) in [5.41, 5.74) is 2.53. The Kier molecular flexibility index (Phi) is 4.56. The van der Waals surface area contributed by atoms with Crippen LogP contribution in [0.25, 0.3) is 6.08 Å². The Morgan fingerprint density at radius 2 is 2.15 bits per heavy atom. The highest BCUT2D eigenvalue weighted by molar-refractivity contribution is 5.92. The van der Waals surface area contributed by atoms with Gasteiger partial charge in [-0.25, -0.2) is 4.79 Å².